The van der Waals surface area contributed by atoms with Crippen molar-refractivity contribution in [3.8, 4) is 11.5 Å². The van der Waals surface area contributed by atoms with E-state index >= 15 is 0 Å². The molecule has 1 heterocycles. The minimum absolute atomic E-state index is 0.0822. The quantitative estimate of drug-likeness (QED) is 0.885. The number of ether oxygens (including phenoxy) is 2. The summed E-state index contributed by atoms with van der Waals surface area (Å²) in [5.41, 5.74) is 1.76. The first-order valence-electron chi connectivity index (χ1n) is 8.18. The van der Waals surface area contributed by atoms with Gasteiger partial charge in [0.2, 0.25) is 5.91 Å². The summed E-state index contributed by atoms with van der Waals surface area (Å²) in [7, 11) is 1.91. The van der Waals surface area contributed by atoms with Crippen molar-refractivity contribution in [1.29, 1.82) is 0 Å². The summed E-state index contributed by atoms with van der Waals surface area (Å²) in [5, 5.41) is 3.62. The second-order valence-corrected chi connectivity index (χ2v) is 6.51. The zero-order valence-electron chi connectivity index (χ0n) is 14.3. The highest BCUT2D eigenvalue weighted by atomic mass is 35.5. The summed E-state index contributed by atoms with van der Waals surface area (Å²) in [4.78, 5) is 14.5. The Kier molecular flexibility index (Phi) is 5.46. The molecule has 132 valence electrons. The second kappa shape index (κ2) is 7.76. The molecule has 3 rings (SSSR count). The fourth-order valence-electron chi connectivity index (χ4n) is 2.63. The summed E-state index contributed by atoms with van der Waals surface area (Å²) in [6.45, 7) is 3.57. The van der Waals surface area contributed by atoms with Crippen molar-refractivity contribution < 1.29 is 14.3 Å². The zero-order valence-corrected chi connectivity index (χ0v) is 15.0. The Morgan fingerprint density at radius 3 is 2.72 bits per heavy atom. The van der Waals surface area contributed by atoms with E-state index < -0.39 is 0 Å². The van der Waals surface area contributed by atoms with E-state index in [0.717, 1.165) is 5.56 Å². The third-order valence-electron chi connectivity index (χ3n) is 4.17. The first-order chi connectivity index (χ1) is 12.0. The summed E-state index contributed by atoms with van der Waals surface area (Å²) in [6.07, 6.45) is 0. The average molecular weight is 361 g/mol. The summed E-state index contributed by atoms with van der Waals surface area (Å²) >= 11 is 6.02. The zero-order chi connectivity index (χ0) is 17.8. The number of hydrogen-bond donors (Lipinski definition) is 1. The Morgan fingerprint density at radius 1 is 1.20 bits per heavy atom. The van der Waals surface area contributed by atoms with Crippen LogP contribution in [0.1, 0.15) is 12.5 Å². The first kappa shape index (κ1) is 17.6. The first-order valence-corrected chi connectivity index (χ1v) is 8.56. The van der Waals surface area contributed by atoms with Gasteiger partial charge in [-0.05, 0) is 43.8 Å². The van der Waals surface area contributed by atoms with Crippen molar-refractivity contribution in [3.63, 3.8) is 0 Å². The summed E-state index contributed by atoms with van der Waals surface area (Å²) < 4.78 is 11.0. The monoisotopic (exact) mass is 360 g/mol. The number of benzene rings is 2. The molecule has 0 radical (unpaired) electrons. The van der Waals surface area contributed by atoms with Gasteiger partial charge in [-0.3, -0.25) is 9.69 Å². The van der Waals surface area contributed by atoms with Gasteiger partial charge in [0, 0.05) is 23.3 Å². The molecule has 25 heavy (non-hydrogen) atoms. The third-order valence-corrected chi connectivity index (χ3v) is 4.41. The van der Waals surface area contributed by atoms with Crippen LogP contribution in [0.2, 0.25) is 5.02 Å². The number of carbonyl (C=O) groups excluding carboxylic acids is 1. The number of hydrogen-bond acceptors (Lipinski definition) is 4. The van der Waals surface area contributed by atoms with E-state index in [0.29, 0.717) is 42.0 Å². The Hall–Kier alpha value is -2.24. The van der Waals surface area contributed by atoms with Crippen LogP contribution in [-0.2, 0) is 11.3 Å². The molecule has 0 spiro atoms. The maximum atomic E-state index is 12.5. The molecule has 1 N–H and O–H groups in total. The van der Waals surface area contributed by atoms with Gasteiger partial charge in [-0.15, -0.1) is 0 Å². The molecular weight excluding hydrogens is 340 g/mol. The number of nitrogens with one attached hydrogen (secondary N) is 1. The molecule has 2 aromatic rings. The van der Waals surface area contributed by atoms with E-state index in [1.165, 1.54) is 0 Å². The van der Waals surface area contributed by atoms with Crippen LogP contribution in [0, 0.1) is 0 Å². The average Bonchev–Trinajstić information content (AvgIpc) is 2.61. The maximum absolute atomic E-state index is 12.5. The van der Waals surface area contributed by atoms with Crippen LogP contribution in [0.4, 0.5) is 5.69 Å². The van der Waals surface area contributed by atoms with Crippen LogP contribution in [0.25, 0.3) is 0 Å². The fourth-order valence-corrected chi connectivity index (χ4v) is 2.84. The number of carbonyl (C=O) groups is 1. The number of rotatable bonds is 5. The third kappa shape index (κ3) is 4.44. The molecule has 0 fully saturated rings. The van der Waals surface area contributed by atoms with Gasteiger partial charge in [0.25, 0.3) is 0 Å². The van der Waals surface area contributed by atoms with Gasteiger partial charge in [0.1, 0.15) is 13.2 Å². The highest BCUT2D eigenvalue weighted by Gasteiger charge is 2.19. The van der Waals surface area contributed by atoms with Gasteiger partial charge < -0.3 is 14.8 Å². The highest BCUT2D eigenvalue weighted by Crippen LogP contribution is 2.32. The van der Waals surface area contributed by atoms with Crippen LogP contribution in [0.3, 0.4) is 0 Å². The maximum Gasteiger partial charge on any atom is 0.241 e. The van der Waals surface area contributed by atoms with Gasteiger partial charge in [0.15, 0.2) is 11.5 Å². The van der Waals surface area contributed by atoms with E-state index in [2.05, 4.69) is 5.32 Å². The lowest BCUT2D eigenvalue weighted by Crippen LogP contribution is -2.39. The van der Waals surface area contributed by atoms with Crippen molar-refractivity contribution in [2.75, 3.05) is 25.6 Å². The van der Waals surface area contributed by atoms with Crippen molar-refractivity contribution in [1.82, 2.24) is 4.90 Å². The van der Waals surface area contributed by atoms with Gasteiger partial charge in [0.05, 0.1) is 6.04 Å². The lowest BCUT2D eigenvalue weighted by molar-refractivity contribution is -0.120. The van der Waals surface area contributed by atoms with Gasteiger partial charge in [-0.2, -0.15) is 0 Å². The number of likely N-dealkylation sites (N-methyl/N-ethyl adjacent to an activating group) is 1. The molecule has 1 amide bonds. The van der Waals surface area contributed by atoms with Gasteiger partial charge in [-0.1, -0.05) is 23.7 Å². The van der Waals surface area contributed by atoms with Crippen LogP contribution < -0.4 is 14.8 Å². The Labute approximate surface area is 152 Å². The number of nitrogens with zero attached hydrogens (tertiary/aromatic N) is 1. The van der Waals surface area contributed by atoms with E-state index in [-0.39, 0.29) is 11.9 Å². The van der Waals surface area contributed by atoms with E-state index in [1.54, 1.807) is 6.07 Å². The molecule has 6 heteroatoms. The molecule has 0 saturated heterocycles. The molecule has 1 aliphatic rings. The van der Waals surface area contributed by atoms with E-state index in [1.807, 2.05) is 55.3 Å². The number of halogens is 1. The SMILES string of the molecule is C[C@@H](C(=O)Nc1ccc2c(c1)OCCO2)N(C)Cc1cccc(Cl)c1. The number of amides is 1. The van der Waals surface area contributed by atoms with Gasteiger partial charge in [-0.25, -0.2) is 0 Å². The van der Waals surface area contributed by atoms with Crippen molar-refractivity contribution in [2.45, 2.75) is 19.5 Å². The van der Waals surface area contributed by atoms with Crippen molar-refractivity contribution in [2.24, 2.45) is 0 Å². The molecule has 0 unspecified atom stereocenters. The minimum atomic E-state index is -0.299. The Morgan fingerprint density at radius 2 is 1.96 bits per heavy atom. The lowest BCUT2D eigenvalue weighted by atomic mass is 10.2. The Balaban J connectivity index is 1.62. The number of fused-ring (bicyclic) bond motifs is 1. The molecule has 0 bridgehead atoms. The van der Waals surface area contributed by atoms with E-state index in [9.17, 15) is 4.79 Å². The molecule has 1 aliphatic heterocycles. The molecule has 5 nitrogen and oxygen atoms in total. The predicted molar refractivity (Wildman–Crippen MR) is 98.4 cm³/mol. The molecule has 0 aromatic heterocycles. The predicted octanol–water partition coefficient (Wildman–Crippen LogP) is 3.57. The largest absolute Gasteiger partial charge is 0.486 e. The normalized spacial score (nSPS) is 14.2. The number of anilines is 1. The molecular formula is C19H21ClN2O3. The second-order valence-electron chi connectivity index (χ2n) is 6.07. The van der Waals surface area contributed by atoms with Crippen LogP contribution >= 0.6 is 11.6 Å². The summed E-state index contributed by atoms with van der Waals surface area (Å²) in [6, 6.07) is 12.8. The minimum Gasteiger partial charge on any atom is -0.486 e. The molecule has 1 atom stereocenters. The van der Waals surface area contributed by atoms with Crippen LogP contribution in [-0.4, -0.2) is 37.1 Å². The standard InChI is InChI=1S/C19H21ClN2O3/c1-13(22(2)12-14-4-3-5-15(20)10-14)19(23)21-16-6-7-17-18(11-16)25-9-8-24-17/h3-7,10-11,13H,8-9,12H2,1-2H3,(H,21,23)/t13-/m0/s1. The highest BCUT2D eigenvalue weighted by molar-refractivity contribution is 6.30. The van der Waals surface area contributed by atoms with Crippen LogP contribution in [0.5, 0.6) is 11.5 Å². The lowest BCUT2D eigenvalue weighted by Gasteiger charge is -2.24. The van der Waals surface area contributed by atoms with Gasteiger partial charge >= 0.3 is 0 Å². The smallest absolute Gasteiger partial charge is 0.241 e. The van der Waals surface area contributed by atoms with Crippen molar-refractivity contribution >= 4 is 23.2 Å². The van der Waals surface area contributed by atoms with E-state index in [4.69, 9.17) is 21.1 Å². The van der Waals surface area contributed by atoms with Crippen molar-refractivity contribution in [3.05, 3.63) is 53.1 Å². The molecule has 0 saturated carbocycles. The molecule has 0 aliphatic carbocycles. The molecule has 2 aromatic carbocycles. The van der Waals surface area contributed by atoms with Crippen LogP contribution in [0.15, 0.2) is 42.5 Å². The topological polar surface area (TPSA) is 50.8 Å². The Bertz CT molecular complexity index is 766. The summed E-state index contributed by atoms with van der Waals surface area (Å²) in [5.74, 6) is 1.28. The fraction of sp³-hybridized carbons (Fsp3) is 0.316.